The maximum Gasteiger partial charge on any atom is 0.0867 e. The SMILES string of the molecule is NC(c1cncs1)c1cnnn1-c1ccccc1. The van der Waals surface area contributed by atoms with Crippen molar-refractivity contribution in [2.75, 3.05) is 0 Å². The highest BCUT2D eigenvalue weighted by Gasteiger charge is 2.17. The van der Waals surface area contributed by atoms with Gasteiger partial charge in [-0.2, -0.15) is 0 Å². The molecule has 90 valence electrons. The van der Waals surface area contributed by atoms with Gasteiger partial charge in [0.05, 0.1) is 29.1 Å². The zero-order valence-electron chi connectivity index (χ0n) is 9.47. The molecule has 0 saturated carbocycles. The third-order valence-corrected chi connectivity index (χ3v) is 3.51. The molecule has 0 amide bonds. The Labute approximate surface area is 108 Å². The first kappa shape index (κ1) is 11.1. The van der Waals surface area contributed by atoms with Crippen molar-refractivity contribution in [1.82, 2.24) is 20.0 Å². The smallest absolute Gasteiger partial charge is 0.0867 e. The Balaban J connectivity index is 2.02. The second-order valence-electron chi connectivity index (χ2n) is 3.79. The van der Waals surface area contributed by atoms with Gasteiger partial charge in [-0.3, -0.25) is 4.98 Å². The van der Waals surface area contributed by atoms with E-state index in [1.54, 1.807) is 22.6 Å². The van der Waals surface area contributed by atoms with Crippen LogP contribution in [0.2, 0.25) is 0 Å². The second kappa shape index (κ2) is 4.67. The number of aromatic nitrogens is 4. The fourth-order valence-electron chi connectivity index (χ4n) is 1.75. The predicted molar refractivity (Wildman–Crippen MR) is 69.5 cm³/mol. The van der Waals surface area contributed by atoms with Crippen LogP contribution in [0.5, 0.6) is 0 Å². The molecule has 6 heteroatoms. The molecule has 0 aliphatic heterocycles. The topological polar surface area (TPSA) is 69.6 Å². The minimum Gasteiger partial charge on any atom is -0.318 e. The lowest BCUT2D eigenvalue weighted by atomic mass is 10.2. The summed E-state index contributed by atoms with van der Waals surface area (Å²) >= 11 is 1.53. The Bertz CT molecular complexity index is 617. The Kier molecular flexibility index (Phi) is 2.87. The summed E-state index contributed by atoms with van der Waals surface area (Å²) in [6.45, 7) is 0. The molecule has 0 radical (unpaired) electrons. The van der Waals surface area contributed by atoms with Gasteiger partial charge in [-0.25, -0.2) is 4.68 Å². The summed E-state index contributed by atoms with van der Waals surface area (Å²) < 4.78 is 1.75. The van der Waals surface area contributed by atoms with Crippen molar-refractivity contribution in [1.29, 1.82) is 0 Å². The van der Waals surface area contributed by atoms with E-state index in [9.17, 15) is 0 Å². The fraction of sp³-hybridized carbons (Fsp3) is 0.0833. The lowest BCUT2D eigenvalue weighted by Crippen LogP contribution is -2.15. The van der Waals surface area contributed by atoms with Crippen LogP contribution in [0.3, 0.4) is 0 Å². The number of rotatable bonds is 3. The van der Waals surface area contributed by atoms with Gasteiger partial charge in [-0.15, -0.1) is 16.4 Å². The molecule has 0 aliphatic rings. The van der Waals surface area contributed by atoms with Crippen LogP contribution < -0.4 is 5.73 Å². The molecule has 0 spiro atoms. The number of hydrogen-bond donors (Lipinski definition) is 1. The summed E-state index contributed by atoms with van der Waals surface area (Å²) in [6.07, 6.45) is 3.47. The van der Waals surface area contributed by atoms with Crippen molar-refractivity contribution in [2.45, 2.75) is 6.04 Å². The molecule has 0 fully saturated rings. The van der Waals surface area contributed by atoms with E-state index in [1.165, 1.54) is 11.3 Å². The average molecular weight is 257 g/mol. The summed E-state index contributed by atoms with van der Waals surface area (Å²) in [7, 11) is 0. The number of hydrogen-bond acceptors (Lipinski definition) is 5. The molecule has 3 rings (SSSR count). The van der Waals surface area contributed by atoms with Gasteiger partial charge in [0.1, 0.15) is 0 Å². The van der Waals surface area contributed by atoms with Gasteiger partial charge in [0.25, 0.3) is 0 Å². The second-order valence-corrected chi connectivity index (χ2v) is 4.71. The monoisotopic (exact) mass is 257 g/mol. The minimum absolute atomic E-state index is 0.257. The molecule has 2 aromatic heterocycles. The van der Waals surface area contributed by atoms with E-state index in [0.717, 1.165) is 16.3 Å². The van der Waals surface area contributed by atoms with Crippen molar-refractivity contribution in [2.24, 2.45) is 5.73 Å². The van der Waals surface area contributed by atoms with E-state index >= 15 is 0 Å². The highest BCUT2D eigenvalue weighted by Crippen LogP contribution is 2.23. The number of thiazole rings is 1. The van der Waals surface area contributed by atoms with Crippen LogP contribution >= 0.6 is 11.3 Å². The maximum absolute atomic E-state index is 6.21. The van der Waals surface area contributed by atoms with Gasteiger partial charge >= 0.3 is 0 Å². The van der Waals surface area contributed by atoms with Crippen molar-refractivity contribution in [3.05, 3.63) is 58.8 Å². The largest absolute Gasteiger partial charge is 0.318 e. The molecule has 0 aliphatic carbocycles. The number of para-hydroxylation sites is 1. The van der Waals surface area contributed by atoms with Crippen LogP contribution in [0, 0.1) is 0 Å². The van der Waals surface area contributed by atoms with Crippen molar-refractivity contribution in [3.63, 3.8) is 0 Å². The van der Waals surface area contributed by atoms with E-state index < -0.39 is 0 Å². The first-order chi connectivity index (χ1) is 8.86. The van der Waals surface area contributed by atoms with Gasteiger partial charge < -0.3 is 5.73 Å². The average Bonchev–Trinajstić information content (AvgIpc) is 3.10. The summed E-state index contributed by atoms with van der Waals surface area (Å²) in [5.41, 5.74) is 9.78. The molecule has 1 aromatic carbocycles. The molecule has 5 nitrogen and oxygen atoms in total. The highest BCUT2D eigenvalue weighted by atomic mass is 32.1. The maximum atomic E-state index is 6.21. The summed E-state index contributed by atoms with van der Waals surface area (Å²) in [4.78, 5) is 5.04. The zero-order chi connectivity index (χ0) is 12.4. The van der Waals surface area contributed by atoms with Crippen LogP contribution in [0.15, 0.2) is 48.2 Å². The standard InChI is InChI=1S/C12H11N5S/c13-12(11-7-14-8-18-11)10-6-15-16-17(10)9-4-2-1-3-5-9/h1-8,12H,13H2. The Morgan fingerprint density at radius 1 is 1.17 bits per heavy atom. The number of nitrogens with zero attached hydrogens (tertiary/aromatic N) is 4. The van der Waals surface area contributed by atoms with Gasteiger partial charge in [-0.05, 0) is 12.1 Å². The highest BCUT2D eigenvalue weighted by molar-refractivity contribution is 7.09. The summed E-state index contributed by atoms with van der Waals surface area (Å²) in [5.74, 6) is 0. The lowest BCUT2D eigenvalue weighted by Gasteiger charge is -2.11. The number of benzene rings is 1. The Morgan fingerprint density at radius 3 is 2.72 bits per heavy atom. The predicted octanol–water partition coefficient (Wildman–Crippen LogP) is 1.77. The number of nitrogens with two attached hydrogens (primary N) is 1. The third kappa shape index (κ3) is 1.92. The molecule has 1 unspecified atom stereocenters. The molecule has 3 aromatic rings. The molecule has 2 N–H and O–H groups in total. The molecular weight excluding hydrogens is 246 g/mol. The first-order valence-electron chi connectivity index (χ1n) is 5.46. The molecule has 0 bridgehead atoms. The Morgan fingerprint density at radius 2 is 2.00 bits per heavy atom. The molecule has 1 atom stereocenters. The van der Waals surface area contributed by atoms with E-state index in [-0.39, 0.29) is 6.04 Å². The van der Waals surface area contributed by atoms with Crippen LogP contribution in [0.25, 0.3) is 5.69 Å². The van der Waals surface area contributed by atoms with Crippen molar-refractivity contribution in [3.8, 4) is 5.69 Å². The van der Waals surface area contributed by atoms with Gasteiger partial charge in [-0.1, -0.05) is 23.4 Å². The van der Waals surface area contributed by atoms with Crippen molar-refractivity contribution >= 4 is 11.3 Å². The van der Waals surface area contributed by atoms with E-state index in [4.69, 9.17) is 5.73 Å². The quantitative estimate of drug-likeness (QED) is 0.776. The van der Waals surface area contributed by atoms with Crippen LogP contribution in [0.4, 0.5) is 0 Å². The van der Waals surface area contributed by atoms with Crippen molar-refractivity contribution < 1.29 is 0 Å². The van der Waals surface area contributed by atoms with E-state index in [0.29, 0.717) is 0 Å². The van der Waals surface area contributed by atoms with Crippen LogP contribution in [-0.2, 0) is 0 Å². The van der Waals surface area contributed by atoms with Gasteiger partial charge in [0.2, 0.25) is 0 Å². The Hall–Kier alpha value is -2.05. The van der Waals surface area contributed by atoms with Crippen LogP contribution in [0.1, 0.15) is 16.6 Å². The van der Waals surface area contributed by atoms with Gasteiger partial charge in [0.15, 0.2) is 0 Å². The molecule has 18 heavy (non-hydrogen) atoms. The van der Waals surface area contributed by atoms with Gasteiger partial charge in [0, 0.05) is 11.1 Å². The normalized spacial score (nSPS) is 12.5. The van der Waals surface area contributed by atoms with Crippen LogP contribution in [-0.4, -0.2) is 20.0 Å². The van der Waals surface area contributed by atoms with E-state index in [2.05, 4.69) is 15.3 Å². The minimum atomic E-state index is -0.257. The lowest BCUT2D eigenvalue weighted by molar-refractivity contribution is 0.725. The molecule has 2 heterocycles. The fourth-order valence-corrected chi connectivity index (χ4v) is 2.38. The first-order valence-corrected chi connectivity index (χ1v) is 6.34. The molecule has 0 saturated heterocycles. The summed E-state index contributed by atoms with van der Waals surface area (Å²) in [6, 6.07) is 9.56. The summed E-state index contributed by atoms with van der Waals surface area (Å²) in [5, 5.41) is 8.03. The van der Waals surface area contributed by atoms with E-state index in [1.807, 2.05) is 30.3 Å². The zero-order valence-corrected chi connectivity index (χ0v) is 10.3. The third-order valence-electron chi connectivity index (χ3n) is 2.65. The molecular formula is C12H11N5S.